The summed E-state index contributed by atoms with van der Waals surface area (Å²) in [6.45, 7) is 2.67. The number of nitrogens with zero attached hydrogens (tertiary/aromatic N) is 1. The minimum absolute atomic E-state index is 0.0494. The van der Waals surface area contributed by atoms with Gasteiger partial charge < -0.3 is 15.0 Å². The molecule has 4 rings (SSSR count). The first kappa shape index (κ1) is 15.1. The molecule has 0 saturated carbocycles. The van der Waals surface area contributed by atoms with Crippen LogP contribution in [0.1, 0.15) is 21.8 Å². The number of carbonyl (C=O) groups excluding carboxylic acids is 1. The number of likely N-dealkylation sites (N-methyl/N-ethyl adjacent to an activating group) is 1. The van der Waals surface area contributed by atoms with Gasteiger partial charge in [-0.05, 0) is 54.9 Å². The van der Waals surface area contributed by atoms with Gasteiger partial charge in [0.05, 0.1) is 0 Å². The molecule has 1 N–H and O–H groups in total. The summed E-state index contributed by atoms with van der Waals surface area (Å²) < 4.78 is 18.8. The summed E-state index contributed by atoms with van der Waals surface area (Å²) in [5.41, 5.74) is 1.77. The summed E-state index contributed by atoms with van der Waals surface area (Å²) in [5.74, 6) is 1.59. The highest BCUT2D eigenvalue weighted by Crippen LogP contribution is 2.37. The number of carbonyl (C=O) groups is 1. The van der Waals surface area contributed by atoms with Crippen molar-refractivity contribution in [1.82, 2.24) is 10.2 Å². The first-order valence-electron chi connectivity index (χ1n) is 8.14. The Kier molecular flexibility index (Phi) is 3.73. The van der Waals surface area contributed by atoms with Crippen molar-refractivity contribution in [2.75, 3.05) is 26.7 Å². The Bertz CT molecular complexity index is 775. The van der Waals surface area contributed by atoms with Crippen LogP contribution in [0.2, 0.25) is 0 Å². The number of benzene rings is 2. The van der Waals surface area contributed by atoms with Gasteiger partial charge in [-0.15, -0.1) is 0 Å². The van der Waals surface area contributed by atoms with E-state index in [9.17, 15) is 9.18 Å². The Hall–Kier alpha value is -2.40. The molecule has 124 valence electrons. The van der Waals surface area contributed by atoms with Crippen molar-refractivity contribution >= 4 is 5.91 Å². The van der Waals surface area contributed by atoms with Crippen molar-refractivity contribution in [1.29, 1.82) is 0 Å². The van der Waals surface area contributed by atoms with E-state index in [-0.39, 0.29) is 11.7 Å². The van der Waals surface area contributed by atoms with Crippen LogP contribution >= 0.6 is 0 Å². The molecule has 2 atom stereocenters. The van der Waals surface area contributed by atoms with E-state index in [1.807, 2.05) is 12.1 Å². The SMILES string of the molecule is CN1C[C@H]2CNC(=O)c3cc(Oc4ccc(F)cc4)ccc3[C@@H]2C1. The van der Waals surface area contributed by atoms with Gasteiger partial charge in [0.15, 0.2) is 0 Å². The molecule has 0 aliphatic carbocycles. The molecule has 2 aliphatic rings. The van der Waals surface area contributed by atoms with Crippen LogP contribution in [0.3, 0.4) is 0 Å². The Morgan fingerprint density at radius 1 is 1.12 bits per heavy atom. The topological polar surface area (TPSA) is 41.6 Å². The minimum atomic E-state index is -0.306. The van der Waals surface area contributed by atoms with E-state index in [0.29, 0.717) is 35.4 Å². The van der Waals surface area contributed by atoms with E-state index in [1.54, 1.807) is 18.2 Å². The van der Waals surface area contributed by atoms with Gasteiger partial charge in [-0.3, -0.25) is 4.79 Å². The molecule has 24 heavy (non-hydrogen) atoms. The van der Waals surface area contributed by atoms with Gasteiger partial charge in [0.1, 0.15) is 17.3 Å². The second-order valence-corrected chi connectivity index (χ2v) is 6.60. The highest BCUT2D eigenvalue weighted by molar-refractivity contribution is 5.96. The summed E-state index contributed by atoms with van der Waals surface area (Å²) in [6, 6.07) is 11.5. The van der Waals surface area contributed by atoms with Crippen molar-refractivity contribution in [3.05, 3.63) is 59.4 Å². The normalized spacial score (nSPS) is 23.2. The fraction of sp³-hybridized carbons (Fsp3) is 0.316. The third-order valence-electron chi connectivity index (χ3n) is 4.87. The van der Waals surface area contributed by atoms with E-state index < -0.39 is 0 Å². The van der Waals surface area contributed by atoms with E-state index >= 15 is 0 Å². The summed E-state index contributed by atoms with van der Waals surface area (Å²) in [6.07, 6.45) is 0. The third-order valence-corrected chi connectivity index (χ3v) is 4.87. The standard InChI is InChI=1S/C19H19FN2O2/c1-22-10-12-9-21-19(23)17-8-15(6-7-16(17)18(12)11-22)24-14-4-2-13(20)3-5-14/h2-8,12,18H,9-11H2,1H3,(H,21,23)/t12-,18-/m1/s1. The van der Waals surface area contributed by atoms with Gasteiger partial charge in [0.25, 0.3) is 5.91 Å². The molecule has 1 fully saturated rings. The zero-order chi connectivity index (χ0) is 16.7. The lowest BCUT2D eigenvalue weighted by Gasteiger charge is -2.17. The van der Waals surface area contributed by atoms with Gasteiger partial charge in [0, 0.05) is 31.1 Å². The van der Waals surface area contributed by atoms with E-state index in [1.165, 1.54) is 12.1 Å². The van der Waals surface area contributed by atoms with Crippen LogP contribution in [0.4, 0.5) is 4.39 Å². The molecule has 0 spiro atoms. The number of nitrogens with one attached hydrogen (secondary N) is 1. The molecule has 2 aromatic carbocycles. The van der Waals surface area contributed by atoms with Crippen molar-refractivity contribution in [2.24, 2.45) is 5.92 Å². The fourth-order valence-electron chi connectivity index (χ4n) is 3.72. The molecule has 2 heterocycles. The number of amides is 1. The van der Waals surface area contributed by atoms with E-state index in [0.717, 1.165) is 18.7 Å². The number of hydrogen-bond donors (Lipinski definition) is 1. The average Bonchev–Trinajstić information content (AvgIpc) is 2.90. The van der Waals surface area contributed by atoms with Gasteiger partial charge in [-0.1, -0.05) is 6.07 Å². The fourth-order valence-corrected chi connectivity index (χ4v) is 3.72. The highest BCUT2D eigenvalue weighted by Gasteiger charge is 2.36. The van der Waals surface area contributed by atoms with Gasteiger partial charge in [-0.2, -0.15) is 0 Å². The van der Waals surface area contributed by atoms with Crippen molar-refractivity contribution < 1.29 is 13.9 Å². The molecular formula is C19H19FN2O2. The Labute approximate surface area is 140 Å². The lowest BCUT2D eigenvalue weighted by molar-refractivity contribution is 0.0951. The molecule has 5 heteroatoms. The van der Waals surface area contributed by atoms with Crippen LogP contribution in [-0.2, 0) is 0 Å². The molecule has 2 aromatic rings. The van der Waals surface area contributed by atoms with Crippen LogP contribution in [0.25, 0.3) is 0 Å². The first-order valence-corrected chi connectivity index (χ1v) is 8.14. The van der Waals surface area contributed by atoms with E-state index in [4.69, 9.17) is 4.74 Å². The minimum Gasteiger partial charge on any atom is -0.457 e. The molecule has 1 saturated heterocycles. The van der Waals surface area contributed by atoms with Crippen molar-refractivity contribution in [2.45, 2.75) is 5.92 Å². The monoisotopic (exact) mass is 326 g/mol. The van der Waals surface area contributed by atoms with Gasteiger partial charge in [-0.25, -0.2) is 4.39 Å². The quantitative estimate of drug-likeness (QED) is 0.922. The van der Waals surface area contributed by atoms with Gasteiger partial charge in [0.2, 0.25) is 0 Å². The summed E-state index contributed by atoms with van der Waals surface area (Å²) in [4.78, 5) is 14.7. The number of rotatable bonds is 2. The predicted octanol–water partition coefficient (Wildman–Crippen LogP) is 3.01. The third kappa shape index (κ3) is 2.76. The average molecular weight is 326 g/mol. The molecule has 0 aromatic heterocycles. The Morgan fingerprint density at radius 3 is 2.67 bits per heavy atom. The largest absolute Gasteiger partial charge is 0.457 e. The summed E-state index contributed by atoms with van der Waals surface area (Å²) in [5, 5.41) is 3.02. The zero-order valence-corrected chi connectivity index (χ0v) is 13.5. The second kappa shape index (κ2) is 5.91. The van der Waals surface area contributed by atoms with Crippen LogP contribution in [0, 0.1) is 11.7 Å². The molecule has 0 bridgehead atoms. The lowest BCUT2D eigenvalue weighted by atomic mass is 9.87. The van der Waals surface area contributed by atoms with E-state index in [2.05, 4.69) is 17.3 Å². The second-order valence-electron chi connectivity index (χ2n) is 6.60. The van der Waals surface area contributed by atoms with Crippen molar-refractivity contribution in [3.63, 3.8) is 0 Å². The Morgan fingerprint density at radius 2 is 1.88 bits per heavy atom. The summed E-state index contributed by atoms with van der Waals surface area (Å²) in [7, 11) is 2.11. The molecule has 0 radical (unpaired) electrons. The lowest BCUT2D eigenvalue weighted by Crippen LogP contribution is -2.29. The molecule has 1 amide bonds. The van der Waals surface area contributed by atoms with Crippen LogP contribution in [0.5, 0.6) is 11.5 Å². The highest BCUT2D eigenvalue weighted by atomic mass is 19.1. The molecular weight excluding hydrogens is 307 g/mol. The van der Waals surface area contributed by atoms with Crippen LogP contribution < -0.4 is 10.1 Å². The van der Waals surface area contributed by atoms with Crippen LogP contribution in [0.15, 0.2) is 42.5 Å². The molecule has 4 nitrogen and oxygen atoms in total. The zero-order valence-electron chi connectivity index (χ0n) is 13.5. The molecule has 2 aliphatic heterocycles. The smallest absolute Gasteiger partial charge is 0.251 e. The van der Waals surface area contributed by atoms with Crippen molar-refractivity contribution in [3.8, 4) is 11.5 Å². The number of fused-ring (bicyclic) bond motifs is 3. The first-order chi connectivity index (χ1) is 11.6. The maximum absolute atomic E-state index is 13.0. The molecule has 0 unspecified atom stereocenters. The summed E-state index contributed by atoms with van der Waals surface area (Å²) >= 11 is 0. The predicted molar refractivity (Wildman–Crippen MR) is 89.0 cm³/mol. The number of ether oxygens (including phenoxy) is 1. The van der Waals surface area contributed by atoms with Crippen LogP contribution in [-0.4, -0.2) is 37.5 Å². The maximum atomic E-state index is 13.0. The van der Waals surface area contributed by atoms with Gasteiger partial charge >= 0.3 is 0 Å². The maximum Gasteiger partial charge on any atom is 0.251 e. The number of likely N-dealkylation sites (tertiary alicyclic amines) is 1. The number of hydrogen-bond acceptors (Lipinski definition) is 3. The Balaban J connectivity index is 1.66. The number of halogens is 1.